The molecule has 0 radical (unpaired) electrons. The molecule has 1 heterocycles. The van der Waals surface area contributed by atoms with Crippen molar-refractivity contribution >= 4 is 21.6 Å². The molecule has 1 fully saturated rings. The average Bonchev–Trinajstić information content (AvgIpc) is 2.47. The van der Waals surface area contributed by atoms with Gasteiger partial charge in [-0.15, -0.1) is 0 Å². The van der Waals surface area contributed by atoms with Crippen LogP contribution in [0.4, 0.5) is 5.69 Å². The number of anilines is 1. The van der Waals surface area contributed by atoms with Crippen LogP contribution in [-0.2, 0) is 14.8 Å². The number of amides is 1. The summed E-state index contributed by atoms with van der Waals surface area (Å²) in [7, 11) is -3.44. The molecule has 0 aliphatic carbocycles. The summed E-state index contributed by atoms with van der Waals surface area (Å²) in [6, 6.07) is 6.44. The first-order valence-electron chi connectivity index (χ1n) is 8.19. The highest BCUT2D eigenvalue weighted by molar-refractivity contribution is 7.89. The zero-order valence-electron chi connectivity index (χ0n) is 14.1. The van der Waals surface area contributed by atoms with Crippen LogP contribution in [0.15, 0.2) is 29.2 Å². The Bertz CT molecular complexity index is 638. The lowest BCUT2D eigenvalue weighted by atomic mass is 10.0. The summed E-state index contributed by atoms with van der Waals surface area (Å²) in [4.78, 5) is 12.0. The first-order chi connectivity index (χ1) is 10.8. The molecule has 1 aliphatic heterocycles. The van der Waals surface area contributed by atoms with Gasteiger partial charge in [0.1, 0.15) is 0 Å². The second-order valence-electron chi connectivity index (χ2n) is 6.78. The maximum absolute atomic E-state index is 12.7. The number of nitrogens with one attached hydrogen (secondary N) is 1. The monoisotopic (exact) mass is 338 g/mol. The van der Waals surface area contributed by atoms with Gasteiger partial charge < -0.3 is 5.32 Å². The maximum atomic E-state index is 12.7. The molecular formula is C17H26N2O3S. The van der Waals surface area contributed by atoms with E-state index in [1.54, 1.807) is 28.6 Å². The summed E-state index contributed by atoms with van der Waals surface area (Å²) >= 11 is 0. The van der Waals surface area contributed by atoms with Gasteiger partial charge in [-0.25, -0.2) is 8.42 Å². The van der Waals surface area contributed by atoms with Gasteiger partial charge in [-0.05, 0) is 48.9 Å². The van der Waals surface area contributed by atoms with Crippen LogP contribution in [0, 0.1) is 11.8 Å². The van der Waals surface area contributed by atoms with E-state index in [-0.39, 0.29) is 16.7 Å². The molecule has 1 N–H and O–H groups in total. The molecule has 1 aromatic carbocycles. The number of hydrogen-bond donors (Lipinski definition) is 1. The predicted octanol–water partition coefficient (Wildman–Crippen LogP) is 3.09. The molecule has 0 saturated carbocycles. The van der Waals surface area contributed by atoms with Crippen molar-refractivity contribution < 1.29 is 13.2 Å². The number of hydrogen-bond acceptors (Lipinski definition) is 3. The van der Waals surface area contributed by atoms with E-state index >= 15 is 0 Å². The molecule has 5 nitrogen and oxygen atoms in total. The summed E-state index contributed by atoms with van der Waals surface area (Å²) < 4.78 is 26.9. The highest BCUT2D eigenvalue weighted by Gasteiger charge is 2.28. The lowest BCUT2D eigenvalue weighted by molar-refractivity contribution is -0.116. The number of rotatable bonds is 5. The summed E-state index contributed by atoms with van der Waals surface area (Å²) in [6.07, 6.45) is 2.43. The molecule has 2 rings (SSSR count). The third-order valence-electron chi connectivity index (χ3n) is 3.99. The van der Waals surface area contributed by atoms with Crippen LogP contribution in [0.5, 0.6) is 0 Å². The molecule has 0 unspecified atom stereocenters. The van der Waals surface area contributed by atoms with Crippen LogP contribution >= 0.6 is 0 Å². The molecule has 0 spiro atoms. The average molecular weight is 338 g/mol. The zero-order chi connectivity index (χ0) is 17.0. The molecule has 0 aromatic heterocycles. The minimum atomic E-state index is -3.44. The summed E-state index contributed by atoms with van der Waals surface area (Å²) in [6.45, 7) is 7.20. The van der Waals surface area contributed by atoms with E-state index < -0.39 is 10.0 Å². The van der Waals surface area contributed by atoms with E-state index in [1.807, 2.05) is 13.8 Å². The Kier molecular flexibility index (Phi) is 5.81. The Morgan fingerprint density at radius 3 is 2.52 bits per heavy atom. The Morgan fingerprint density at radius 2 is 1.96 bits per heavy atom. The van der Waals surface area contributed by atoms with Crippen molar-refractivity contribution in [3.63, 3.8) is 0 Å². The van der Waals surface area contributed by atoms with Gasteiger partial charge in [-0.1, -0.05) is 20.8 Å². The lowest BCUT2D eigenvalue weighted by Crippen LogP contribution is -2.39. The second-order valence-corrected chi connectivity index (χ2v) is 8.72. The highest BCUT2D eigenvalue weighted by Crippen LogP contribution is 2.24. The molecule has 1 amide bonds. The summed E-state index contributed by atoms with van der Waals surface area (Å²) in [5.74, 6) is 0.629. The fourth-order valence-electron chi connectivity index (χ4n) is 2.81. The summed E-state index contributed by atoms with van der Waals surface area (Å²) in [5, 5.41) is 2.79. The number of nitrogens with zero attached hydrogens (tertiary/aromatic N) is 1. The Morgan fingerprint density at radius 1 is 1.30 bits per heavy atom. The molecule has 1 atom stereocenters. The van der Waals surface area contributed by atoms with Crippen LogP contribution in [0.25, 0.3) is 0 Å². The molecule has 1 aromatic rings. The number of carbonyl (C=O) groups excluding carboxylic acids is 1. The molecule has 1 saturated heterocycles. The van der Waals surface area contributed by atoms with Gasteiger partial charge in [-0.3, -0.25) is 4.79 Å². The van der Waals surface area contributed by atoms with Gasteiger partial charge in [-0.2, -0.15) is 4.31 Å². The lowest BCUT2D eigenvalue weighted by Gasteiger charge is -2.30. The first-order valence-corrected chi connectivity index (χ1v) is 9.63. The Labute approximate surface area is 139 Å². The van der Waals surface area contributed by atoms with E-state index in [0.717, 1.165) is 12.8 Å². The van der Waals surface area contributed by atoms with E-state index in [1.165, 1.54) is 0 Å². The maximum Gasteiger partial charge on any atom is 0.243 e. The van der Waals surface area contributed by atoms with Gasteiger partial charge in [0, 0.05) is 25.2 Å². The van der Waals surface area contributed by atoms with Crippen molar-refractivity contribution in [1.82, 2.24) is 4.31 Å². The van der Waals surface area contributed by atoms with E-state index in [9.17, 15) is 13.2 Å². The number of carbonyl (C=O) groups is 1. The number of benzene rings is 1. The Hall–Kier alpha value is -1.40. The third-order valence-corrected chi connectivity index (χ3v) is 5.87. The fourth-order valence-corrected chi connectivity index (χ4v) is 4.41. The van der Waals surface area contributed by atoms with Crippen molar-refractivity contribution in [3.8, 4) is 0 Å². The highest BCUT2D eigenvalue weighted by atomic mass is 32.2. The van der Waals surface area contributed by atoms with Gasteiger partial charge in [0.05, 0.1) is 4.90 Å². The van der Waals surface area contributed by atoms with Crippen LogP contribution in [0.2, 0.25) is 0 Å². The van der Waals surface area contributed by atoms with Crippen LogP contribution < -0.4 is 5.32 Å². The predicted molar refractivity (Wildman–Crippen MR) is 91.7 cm³/mol. The van der Waals surface area contributed by atoms with Crippen molar-refractivity contribution in [2.45, 2.75) is 44.9 Å². The van der Waals surface area contributed by atoms with Gasteiger partial charge in [0.25, 0.3) is 0 Å². The third kappa shape index (κ3) is 4.78. The van der Waals surface area contributed by atoms with Crippen LogP contribution in [0.3, 0.4) is 0 Å². The zero-order valence-corrected chi connectivity index (χ0v) is 14.9. The van der Waals surface area contributed by atoms with Gasteiger partial charge in [0.2, 0.25) is 15.9 Å². The minimum absolute atomic E-state index is 0.0551. The normalized spacial score (nSPS) is 19.7. The SMILES string of the molecule is CC(C)CC(=O)Nc1ccc(S(=O)(=O)N2CCC[C@@H](C)C2)cc1. The van der Waals surface area contributed by atoms with Gasteiger partial charge in [0.15, 0.2) is 0 Å². The standard InChI is InChI=1S/C17H26N2O3S/c1-13(2)11-17(20)18-15-6-8-16(9-7-15)23(21,22)19-10-4-5-14(3)12-19/h6-9,13-14H,4-5,10-12H2,1-3H3,(H,18,20)/t14-/m1/s1. The number of piperidine rings is 1. The van der Waals surface area contributed by atoms with Crippen molar-refractivity contribution in [2.75, 3.05) is 18.4 Å². The van der Waals surface area contributed by atoms with Crippen molar-refractivity contribution in [3.05, 3.63) is 24.3 Å². The van der Waals surface area contributed by atoms with E-state index in [4.69, 9.17) is 0 Å². The smallest absolute Gasteiger partial charge is 0.243 e. The molecule has 0 bridgehead atoms. The quantitative estimate of drug-likeness (QED) is 0.897. The Balaban J connectivity index is 2.07. The molecule has 1 aliphatic rings. The minimum Gasteiger partial charge on any atom is -0.326 e. The van der Waals surface area contributed by atoms with E-state index in [0.29, 0.717) is 31.1 Å². The first kappa shape index (κ1) is 17.9. The molecular weight excluding hydrogens is 312 g/mol. The van der Waals surface area contributed by atoms with E-state index in [2.05, 4.69) is 12.2 Å². The fraction of sp³-hybridized carbons (Fsp3) is 0.588. The largest absolute Gasteiger partial charge is 0.326 e. The molecule has 23 heavy (non-hydrogen) atoms. The molecule has 6 heteroatoms. The van der Waals surface area contributed by atoms with Crippen molar-refractivity contribution in [2.24, 2.45) is 11.8 Å². The van der Waals surface area contributed by atoms with Crippen LogP contribution in [-0.4, -0.2) is 31.7 Å². The topological polar surface area (TPSA) is 66.5 Å². The van der Waals surface area contributed by atoms with Crippen LogP contribution in [0.1, 0.15) is 40.0 Å². The van der Waals surface area contributed by atoms with Gasteiger partial charge >= 0.3 is 0 Å². The van der Waals surface area contributed by atoms with Crippen molar-refractivity contribution in [1.29, 1.82) is 0 Å². The second kappa shape index (κ2) is 7.45. The number of sulfonamides is 1. The summed E-state index contributed by atoms with van der Waals surface area (Å²) in [5.41, 5.74) is 0.626. The molecule has 128 valence electrons.